The van der Waals surface area contributed by atoms with Gasteiger partial charge in [0.25, 0.3) is 0 Å². The molecule has 0 aromatic rings. The van der Waals surface area contributed by atoms with E-state index in [2.05, 4.69) is 24.5 Å². The van der Waals surface area contributed by atoms with E-state index in [0.717, 1.165) is 6.42 Å². The average molecular weight is 272 g/mol. The van der Waals surface area contributed by atoms with Crippen LogP contribution in [0.1, 0.15) is 40.0 Å². The minimum atomic E-state index is -0.850. The summed E-state index contributed by atoms with van der Waals surface area (Å²) in [4.78, 5) is 22.2. The zero-order chi connectivity index (χ0) is 14.6. The molecule has 110 valence electrons. The SMILES string of the molecule is COC1CC(NC(=O)NC(C)CCC(=O)O)C1(C)C. The summed E-state index contributed by atoms with van der Waals surface area (Å²) in [5.41, 5.74) is -0.0730. The van der Waals surface area contributed by atoms with E-state index < -0.39 is 5.97 Å². The summed E-state index contributed by atoms with van der Waals surface area (Å²) in [5, 5.41) is 14.2. The van der Waals surface area contributed by atoms with Gasteiger partial charge in [-0.1, -0.05) is 13.8 Å². The van der Waals surface area contributed by atoms with Crippen LogP contribution in [0.25, 0.3) is 0 Å². The van der Waals surface area contributed by atoms with E-state index >= 15 is 0 Å². The Labute approximate surface area is 113 Å². The smallest absolute Gasteiger partial charge is 0.315 e. The highest BCUT2D eigenvalue weighted by Crippen LogP contribution is 2.42. The molecule has 0 radical (unpaired) electrons. The second-order valence-corrected chi connectivity index (χ2v) is 5.79. The quantitative estimate of drug-likeness (QED) is 0.681. The number of amides is 2. The van der Waals surface area contributed by atoms with Gasteiger partial charge in [-0.3, -0.25) is 4.79 Å². The van der Waals surface area contributed by atoms with Crippen molar-refractivity contribution in [2.24, 2.45) is 5.41 Å². The van der Waals surface area contributed by atoms with Crippen molar-refractivity contribution in [2.45, 2.75) is 58.2 Å². The molecule has 3 unspecified atom stereocenters. The number of aliphatic carboxylic acids is 1. The van der Waals surface area contributed by atoms with E-state index in [1.165, 1.54) is 0 Å². The largest absolute Gasteiger partial charge is 0.481 e. The van der Waals surface area contributed by atoms with Crippen molar-refractivity contribution in [3.63, 3.8) is 0 Å². The first-order valence-electron chi connectivity index (χ1n) is 6.59. The lowest BCUT2D eigenvalue weighted by Gasteiger charge is -2.51. The molecule has 0 aromatic carbocycles. The fraction of sp³-hybridized carbons (Fsp3) is 0.846. The van der Waals surface area contributed by atoms with Crippen molar-refractivity contribution < 1.29 is 19.4 Å². The number of carbonyl (C=O) groups excluding carboxylic acids is 1. The van der Waals surface area contributed by atoms with Crippen LogP contribution in [0.15, 0.2) is 0 Å². The first-order valence-corrected chi connectivity index (χ1v) is 6.59. The van der Waals surface area contributed by atoms with Gasteiger partial charge in [0, 0.05) is 31.0 Å². The van der Waals surface area contributed by atoms with Gasteiger partial charge in [-0.25, -0.2) is 4.79 Å². The topological polar surface area (TPSA) is 87.7 Å². The first kappa shape index (κ1) is 15.8. The minimum absolute atomic E-state index is 0.0577. The Morgan fingerprint density at radius 2 is 2.11 bits per heavy atom. The van der Waals surface area contributed by atoms with Gasteiger partial charge >= 0.3 is 12.0 Å². The lowest BCUT2D eigenvalue weighted by atomic mass is 9.64. The van der Waals surface area contributed by atoms with Crippen molar-refractivity contribution >= 4 is 12.0 Å². The Bertz CT molecular complexity index is 344. The van der Waals surface area contributed by atoms with E-state index in [1.807, 2.05) is 0 Å². The number of carbonyl (C=O) groups is 2. The van der Waals surface area contributed by atoms with E-state index in [-0.39, 0.29) is 36.1 Å². The number of methoxy groups -OCH3 is 1. The Kier molecular flexibility index (Phi) is 5.17. The van der Waals surface area contributed by atoms with Crippen LogP contribution in [-0.4, -0.2) is 42.4 Å². The maximum atomic E-state index is 11.8. The maximum absolute atomic E-state index is 11.8. The summed E-state index contributed by atoms with van der Waals surface area (Å²) in [7, 11) is 1.68. The lowest BCUT2D eigenvalue weighted by molar-refractivity contribution is -0.137. The molecular weight excluding hydrogens is 248 g/mol. The third kappa shape index (κ3) is 4.09. The molecule has 0 heterocycles. The summed E-state index contributed by atoms with van der Waals surface area (Å²) in [6, 6.07) is -0.313. The summed E-state index contributed by atoms with van der Waals surface area (Å²) in [5.74, 6) is -0.850. The van der Waals surface area contributed by atoms with Crippen molar-refractivity contribution in [1.29, 1.82) is 0 Å². The third-order valence-corrected chi connectivity index (χ3v) is 3.94. The molecule has 0 aromatic heterocycles. The minimum Gasteiger partial charge on any atom is -0.481 e. The van der Waals surface area contributed by atoms with Crippen molar-refractivity contribution in [3.8, 4) is 0 Å². The number of hydrogen-bond acceptors (Lipinski definition) is 3. The summed E-state index contributed by atoms with van der Waals surface area (Å²) >= 11 is 0. The monoisotopic (exact) mass is 272 g/mol. The van der Waals surface area contributed by atoms with Gasteiger partial charge in [0.15, 0.2) is 0 Å². The molecular formula is C13H24N2O4. The van der Waals surface area contributed by atoms with Crippen LogP contribution in [0, 0.1) is 5.41 Å². The summed E-state index contributed by atoms with van der Waals surface area (Å²) in [6.07, 6.45) is 1.46. The molecule has 6 nitrogen and oxygen atoms in total. The van der Waals surface area contributed by atoms with Crippen molar-refractivity contribution in [3.05, 3.63) is 0 Å². The van der Waals surface area contributed by atoms with Gasteiger partial charge in [0.2, 0.25) is 0 Å². The van der Waals surface area contributed by atoms with E-state index in [1.54, 1.807) is 14.0 Å². The van der Waals surface area contributed by atoms with E-state index in [0.29, 0.717) is 6.42 Å². The number of carboxylic acid groups (broad SMARTS) is 1. The molecule has 6 heteroatoms. The molecule has 1 rings (SSSR count). The van der Waals surface area contributed by atoms with E-state index in [9.17, 15) is 9.59 Å². The molecule has 1 aliphatic carbocycles. The molecule has 1 aliphatic rings. The standard InChI is InChI=1S/C13H24N2O4/c1-8(5-6-11(16)17)14-12(18)15-9-7-10(19-4)13(9,2)3/h8-10H,5-7H2,1-4H3,(H,16,17)(H2,14,15,18). The molecule has 0 spiro atoms. The van der Waals surface area contributed by atoms with Crippen LogP contribution in [0.3, 0.4) is 0 Å². The highest BCUT2D eigenvalue weighted by atomic mass is 16.5. The number of ether oxygens (including phenoxy) is 1. The zero-order valence-corrected chi connectivity index (χ0v) is 12.0. The second kappa shape index (κ2) is 6.23. The lowest BCUT2D eigenvalue weighted by Crippen LogP contribution is -2.63. The van der Waals surface area contributed by atoms with E-state index in [4.69, 9.17) is 9.84 Å². The number of nitrogens with one attached hydrogen (secondary N) is 2. The second-order valence-electron chi connectivity index (χ2n) is 5.79. The summed E-state index contributed by atoms with van der Waals surface area (Å²) < 4.78 is 5.32. The maximum Gasteiger partial charge on any atom is 0.315 e. The molecule has 0 aliphatic heterocycles. The van der Waals surface area contributed by atoms with Crippen molar-refractivity contribution in [1.82, 2.24) is 10.6 Å². The van der Waals surface area contributed by atoms with Crippen LogP contribution < -0.4 is 10.6 Å². The van der Waals surface area contributed by atoms with Gasteiger partial charge in [0.1, 0.15) is 0 Å². The molecule has 2 amide bonds. The van der Waals surface area contributed by atoms with Crippen LogP contribution in [0.5, 0.6) is 0 Å². The normalized spacial score (nSPS) is 26.1. The predicted molar refractivity (Wildman–Crippen MR) is 71.0 cm³/mol. The third-order valence-electron chi connectivity index (χ3n) is 3.94. The fourth-order valence-corrected chi connectivity index (χ4v) is 2.37. The van der Waals surface area contributed by atoms with Gasteiger partial charge in [-0.05, 0) is 19.8 Å². The molecule has 19 heavy (non-hydrogen) atoms. The highest BCUT2D eigenvalue weighted by molar-refractivity contribution is 5.75. The molecule has 1 fully saturated rings. The number of carboxylic acids is 1. The Morgan fingerprint density at radius 3 is 2.58 bits per heavy atom. The summed E-state index contributed by atoms with van der Waals surface area (Å²) in [6.45, 7) is 5.92. The van der Waals surface area contributed by atoms with Gasteiger partial charge in [-0.15, -0.1) is 0 Å². The zero-order valence-electron chi connectivity index (χ0n) is 12.0. The van der Waals surface area contributed by atoms with Crippen LogP contribution in [-0.2, 0) is 9.53 Å². The number of rotatable bonds is 6. The highest BCUT2D eigenvalue weighted by Gasteiger charge is 2.49. The predicted octanol–water partition coefficient (Wildman–Crippen LogP) is 1.35. The fourth-order valence-electron chi connectivity index (χ4n) is 2.37. The molecule has 3 N–H and O–H groups in total. The van der Waals surface area contributed by atoms with Crippen LogP contribution in [0.4, 0.5) is 4.79 Å². The average Bonchev–Trinajstić information content (AvgIpc) is 2.31. The Hall–Kier alpha value is -1.30. The van der Waals surface area contributed by atoms with Gasteiger partial charge in [0.05, 0.1) is 6.10 Å². The van der Waals surface area contributed by atoms with Gasteiger partial charge in [-0.2, -0.15) is 0 Å². The molecule has 1 saturated carbocycles. The first-order chi connectivity index (χ1) is 8.77. The van der Waals surface area contributed by atoms with Gasteiger partial charge < -0.3 is 20.5 Å². The Morgan fingerprint density at radius 1 is 1.47 bits per heavy atom. The Balaban J connectivity index is 2.31. The number of hydrogen-bond donors (Lipinski definition) is 3. The van der Waals surface area contributed by atoms with Crippen molar-refractivity contribution in [2.75, 3.05) is 7.11 Å². The molecule has 0 bridgehead atoms. The molecule has 3 atom stereocenters. The van der Waals surface area contributed by atoms with Crippen LogP contribution in [0.2, 0.25) is 0 Å². The molecule has 0 saturated heterocycles. The number of urea groups is 1. The van der Waals surface area contributed by atoms with Crippen LogP contribution >= 0.6 is 0 Å².